The largest absolute Gasteiger partial charge is 0.310 e. The van der Waals surface area contributed by atoms with E-state index in [4.69, 9.17) is 0 Å². The van der Waals surface area contributed by atoms with Gasteiger partial charge in [0.2, 0.25) is 5.91 Å². The average Bonchev–Trinajstić information content (AvgIpc) is 3.27. The Bertz CT molecular complexity index is 1000. The Morgan fingerprint density at radius 1 is 1.25 bits per heavy atom. The van der Waals surface area contributed by atoms with Crippen molar-refractivity contribution in [3.8, 4) is 10.6 Å². The third-order valence-electron chi connectivity index (χ3n) is 5.36. The predicted octanol–water partition coefficient (Wildman–Crippen LogP) is 3.66. The van der Waals surface area contributed by atoms with E-state index in [0.717, 1.165) is 39.3 Å². The SMILES string of the molecule is CCC1CCC(C)N1CC(=O)Nc1cc2cc(-c3nnc(C)s3)cnc2cn1. The smallest absolute Gasteiger partial charge is 0.239 e. The first-order valence-corrected chi connectivity index (χ1v) is 10.5. The maximum absolute atomic E-state index is 12.6. The van der Waals surface area contributed by atoms with Crippen LogP contribution in [0.2, 0.25) is 0 Å². The van der Waals surface area contributed by atoms with Crippen LogP contribution in [0.5, 0.6) is 0 Å². The minimum absolute atomic E-state index is 0.0251. The van der Waals surface area contributed by atoms with E-state index in [1.54, 1.807) is 12.4 Å². The highest BCUT2D eigenvalue weighted by Gasteiger charge is 2.30. The van der Waals surface area contributed by atoms with E-state index in [1.807, 2.05) is 19.1 Å². The number of anilines is 1. The zero-order valence-electron chi connectivity index (χ0n) is 16.3. The maximum Gasteiger partial charge on any atom is 0.239 e. The quantitative estimate of drug-likeness (QED) is 0.709. The van der Waals surface area contributed by atoms with E-state index >= 15 is 0 Å². The highest BCUT2D eigenvalue weighted by Crippen LogP contribution is 2.27. The van der Waals surface area contributed by atoms with Crippen LogP contribution in [0.3, 0.4) is 0 Å². The molecule has 2 atom stereocenters. The molecule has 1 fully saturated rings. The second-order valence-electron chi connectivity index (χ2n) is 7.32. The molecule has 3 aromatic rings. The van der Waals surface area contributed by atoms with Gasteiger partial charge in [0.25, 0.3) is 0 Å². The Labute approximate surface area is 168 Å². The number of amides is 1. The summed E-state index contributed by atoms with van der Waals surface area (Å²) in [6.45, 7) is 6.71. The van der Waals surface area contributed by atoms with Gasteiger partial charge in [-0.2, -0.15) is 0 Å². The lowest BCUT2D eigenvalue weighted by molar-refractivity contribution is -0.118. The molecule has 4 heterocycles. The van der Waals surface area contributed by atoms with Crippen LogP contribution in [-0.4, -0.2) is 49.6 Å². The van der Waals surface area contributed by atoms with E-state index in [-0.39, 0.29) is 5.91 Å². The fraction of sp³-hybridized carbons (Fsp3) is 0.450. The number of carbonyl (C=O) groups is 1. The van der Waals surface area contributed by atoms with Crippen molar-refractivity contribution in [3.05, 3.63) is 29.5 Å². The molecule has 2 unspecified atom stereocenters. The van der Waals surface area contributed by atoms with Gasteiger partial charge in [-0.25, -0.2) is 4.98 Å². The van der Waals surface area contributed by atoms with Gasteiger partial charge in [-0.3, -0.25) is 14.7 Å². The van der Waals surface area contributed by atoms with Crippen LogP contribution in [0, 0.1) is 6.92 Å². The van der Waals surface area contributed by atoms with Crippen molar-refractivity contribution < 1.29 is 4.79 Å². The summed E-state index contributed by atoms with van der Waals surface area (Å²) in [7, 11) is 0. The van der Waals surface area contributed by atoms with Crippen LogP contribution < -0.4 is 5.32 Å². The highest BCUT2D eigenvalue weighted by atomic mass is 32.1. The van der Waals surface area contributed by atoms with Crippen LogP contribution >= 0.6 is 11.3 Å². The number of aryl methyl sites for hydroxylation is 1. The van der Waals surface area contributed by atoms with Gasteiger partial charge < -0.3 is 5.32 Å². The molecule has 1 amide bonds. The number of carbonyl (C=O) groups excluding carboxylic acids is 1. The molecule has 1 N–H and O–H groups in total. The first kappa shape index (κ1) is 18.9. The summed E-state index contributed by atoms with van der Waals surface area (Å²) < 4.78 is 0. The summed E-state index contributed by atoms with van der Waals surface area (Å²) in [5.74, 6) is 0.521. The van der Waals surface area contributed by atoms with Gasteiger partial charge in [0.15, 0.2) is 0 Å². The molecule has 0 radical (unpaired) electrons. The molecule has 8 heteroatoms. The Morgan fingerprint density at radius 2 is 2.11 bits per heavy atom. The fourth-order valence-corrected chi connectivity index (χ4v) is 4.50. The van der Waals surface area contributed by atoms with E-state index in [1.165, 1.54) is 17.8 Å². The summed E-state index contributed by atoms with van der Waals surface area (Å²) in [4.78, 5) is 23.7. The third kappa shape index (κ3) is 3.88. The van der Waals surface area contributed by atoms with Crippen molar-refractivity contribution in [2.45, 2.75) is 52.1 Å². The molecule has 1 saturated heterocycles. The highest BCUT2D eigenvalue weighted by molar-refractivity contribution is 7.14. The van der Waals surface area contributed by atoms with Crippen molar-refractivity contribution in [3.63, 3.8) is 0 Å². The Morgan fingerprint density at radius 3 is 2.86 bits per heavy atom. The van der Waals surface area contributed by atoms with Gasteiger partial charge in [-0.15, -0.1) is 10.2 Å². The lowest BCUT2D eigenvalue weighted by Crippen LogP contribution is -2.40. The summed E-state index contributed by atoms with van der Waals surface area (Å²) in [5, 5.41) is 13.9. The molecule has 0 saturated carbocycles. The minimum atomic E-state index is -0.0251. The molecular formula is C20H24N6OS. The van der Waals surface area contributed by atoms with Crippen LogP contribution in [-0.2, 0) is 4.79 Å². The van der Waals surface area contributed by atoms with Crippen molar-refractivity contribution in [2.24, 2.45) is 0 Å². The molecule has 146 valence electrons. The van der Waals surface area contributed by atoms with Gasteiger partial charge in [0.1, 0.15) is 15.8 Å². The zero-order chi connectivity index (χ0) is 19.7. The number of pyridine rings is 2. The van der Waals surface area contributed by atoms with Crippen molar-refractivity contribution in [2.75, 3.05) is 11.9 Å². The Balaban J connectivity index is 1.51. The Hall–Kier alpha value is -2.45. The zero-order valence-corrected chi connectivity index (χ0v) is 17.2. The first-order chi connectivity index (χ1) is 13.5. The molecule has 0 aliphatic carbocycles. The van der Waals surface area contributed by atoms with E-state index < -0.39 is 0 Å². The average molecular weight is 397 g/mol. The van der Waals surface area contributed by atoms with Crippen LogP contribution in [0.15, 0.2) is 24.5 Å². The summed E-state index contributed by atoms with van der Waals surface area (Å²) >= 11 is 1.53. The molecular weight excluding hydrogens is 372 g/mol. The standard InChI is InChI=1S/C20H24N6OS/c1-4-16-6-5-12(2)26(16)11-19(27)23-18-8-14-7-15(9-21-17(14)10-22-18)20-25-24-13(3)28-20/h7-10,12,16H,4-6,11H2,1-3H3,(H,22,23,27). The lowest BCUT2D eigenvalue weighted by atomic mass is 10.1. The van der Waals surface area contributed by atoms with Crippen molar-refractivity contribution in [1.29, 1.82) is 0 Å². The normalized spacial score (nSPS) is 20.0. The number of likely N-dealkylation sites (tertiary alicyclic amines) is 1. The maximum atomic E-state index is 12.6. The molecule has 0 bridgehead atoms. The number of nitrogens with zero attached hydrogens (tertiary/aromatic N) is 5. The molecule has 7 nitrogen and oxygen atoms in total. The summed E-state index contributed by atoms with van der Waals surface area (Å²) in [6.07, 6.45) is 6.86. The van der Waals surface area contributed by atoms with Gasteiger partial charge in [0, 0.05) is 29.2 Å². The third-order valence-corrected chi connectivity index (χ3v) is 6.25. The number of hydrogen-bond donors (Lipinski definition) is 1. The first-order valence-electron chi connectivity index (χ1n) is 9.65. The van der Waals surface area contributed by atoms with Crippen molar-refractivity contribution >= 4 is 34.0 Å². The molecule has 0 aromatic carbocycles. The van der Waals surface area contributed by atoms with Gasteiger partial charge in [0.05, 0.1) is 18.3 Å². The number of hydrogen-bond acceptors (Lipinski definition) is 7. The van der Waals surface area contributed by atoms with Crippen LogP contribution in [0.4, 0.5) is 5.82 Å². The van der Waals surface area contributed by atoms with Crippen LogP contribution in [0.1, 0.15) is 38.1 Å². The molecule has 1 aliphatic rings. The van der Waals surface area contributed by atoms with E-state index in [0.29, 0.717) is 24.4 Å². The minimum Gasteiger partial charge on any atom is -0.310 e. The molecule has 4 rings (SSSR count). The molecule has 1 aliphatic heterocycles. The monoisotopic (exact) mass is 396 g/mol. The molecule has 3 aromatic heterocycles. The van der Waals surface area contributed by atoms with E-state index in [2.05, 4.69) is 44.2 Å². The number of rotatable bonds is 5. The summed E-state index contributed by atoms with van der Waals surface area (Å²) in [5.41, 5.74) is 1.69. The number of nitrogens with one attached hydrogen (secondary N) is 1. The predicted molar refractivity (Wildman–Crippen MR) is 111 cm³/mol. The van der Waals surface area contributed by atoms with Crippen molar-refractivity contribution in [1.82, 2.24) is 25.1 Å². The van der Waals surface area contributed by atoms with E-state index in [9.17, 15) is 4.79 Å². The summed E-state index contributed by atoms with van der Waals surface area (Å²) in [6, 6.07) is 4.81. The van der Waals surface area contributed by atoms with Gasteiger partial charge in [-0.1, -0.05) is 18.3 Å². The second kappa shape index (κ2) is 7.89. The second-order valence-corrected chi connectivity index (χ2v) is 8.50. The molecule has 0 spiro atoms. The topological polar surface area (TPSA) is 83.9 Å². The van der Waals surface area contributed by atoms with Crippen LogP contribution in [0.25, 0.3) is 21.5 Å². The van der Waals surface area contributed by atoms with Gasteiger partial charge >= 0.3 is 0 Å². The molecule has 28 heavy (non-hydrogen) atoms. The number of aromatic nitrogens is 4. The lowest BCUT2D eigenvalue weighted by Gasteiger charge is -2.26. The fourth-order valence-electron chi connectivity index (χ4n) is 3.83. The number of fused-ring (bicyclic) bond motifs is 1. The van der Waals surface area contributed by atoms with Gasteiger partial charge in [-0.05, 0) is 45.2 Å². The Kier molecular flexibility index (Phi) is 5.32.